The van der Waals surface area contributed by atoms with Crippen molar-refractivity contribution in [3.05, 3.63) is 65.2 Å². The van der Waals surface area contributed by atoms with Crippen molar-refractivity contribution >= 4 is 11.6 Å². The molecule has 23 heavy (non-hydrogen) atoms. The molecule has 0 aliphatic heterocycles. The highest BCUT2D eigenvalue weighted by atomic mass is 16.5. The van der Waals surface area contributed by atoms with Crippen molar-refractivity contribution in [1.29, 1.82) is 0 Å². The van der Waals surface area contributed by atoms with Gasteiger partial charge in [-0.3, -0.25) is 9.59 Å². The molecular formula is C20H22O3. The minimum Gasteiger partial charge on any atom is -0.497 e. The van der Waals surface area contributed by atoms with Gasteiger partial charge in [-0.2, -0.15) is 0 Å². The topological polar surface area (TPSA) is 43.4 Å². The van der Waals surface area contributed by atoms with E-state index in [1.165, 1.54) is 0 Å². The number of carbonyl (C=O) groups is 2. The fraction of sp³-hybridized carbons (Fsp3) is 0.300. The van der Waals surface area contributed by atoms with Gasteiger partial charge in [-0.1, -0.05) is 31.5 Å². The van der Waals surface area contributed by atoms with Crippen LogP contribution in [0.25, 0.3) is 0 Å². The third-order valence-electron chi connectivity index (χ3n) is 3.80. The van der Waals surface area contributed by atoms with Gasteiger partial charge < -0.3 is 4.74 Å². The Labute approximate surface area is 137 Å². The number of carbonyl (C=O) groups excluding carboxylic acids is 2. The first kappa shape index (κ1) is 16.9. The van der Waals surface area contributed by atoms with Gasteiger partial charge in [0.2, 0.25) is 0 Å². The number of hydrogen-bond acceptors (Lipinski definition) is 3. The van der Waals surface area contributed by atoms with Crippen LogP contribution < -0.4 is 4.74 Å². The van der Waals surface area contributed by atoms with E-state index in [1.54, 1.807) is 37.4 Å². The van der Waals surface area contributed by atoms with E-state index in [0.717, 1.165) is 24.8 Å². The van der Waals surface area contributed by atoms with E-state index in [4.69, 9.17) is 4.74 Å². The number of aryl methyl sites for hydroxylation is 1. The number of rotatable bonds is 8. The van der Waals surface area contributed by atoms with Gasteiger partial charge in [0, 0.05) is 11.1 Å². The highest BCUT2D eigenvalue weighted by Gasteiger charge is 2.14. The van der Waals surface area contributed by atoms with Crippen LogP contribution in [0.4, 0.5) is 0 Å². The molecule has 0 N–H and O–H groups in total. The molecule has 3 nitrogen and oxygen atoms in total. The van der Waals surface area contributed by atoms with Gasteiger partial charge in [0.15, 0.2) is 11.6 Å². The van der Waals surface area contributed by atoms with Gasteiger partial charge in [-0.15, -0.1) is 0 Å². The lowest BCUT2D eigenvalue weighted by molar-refractivity contribution is 0.0894. The van der Waals surface area contributed by atoms with Crippen LogP contribution in [-0.4, -0.2) is 18.7 Å². The van der Waals surface area contributed by atoms with E-state index >= 15 is 0 Å². The Morgan fingerprint density at radius 1 is 0.957 bits per heavy atom. The Bertz CT molecular complexity index is 672. The van der Waals surface area contributed by atoms with Crippen molar-refractivity contribution in [2.24, 2.45) is 0 Å². The third kappa shape index (κ3) is 4.78. The lowest BCUT2D eigenvalue weighted by Gasteiger charge is -2.05. The van der Waals surface area contributed by atoms with Crippen LogP contribution in [0.15, 0.2) is 48.5 Å². The maximum absolute atomic E-state index is 12.3. The summed E-state index contributed by atoms with van der Waals surface area (Å²) in [5, 5.41) is 0. The van der Waals surface area contributed by atoms with Crippen LogP contribution in [-0.2, 0) is 6.42 Å². The fourth-order valence-corrected chi connectivity index (χ4v) is 2.41. The third-order valence-corrected chi connectivity index (χ3v) is 3.80. The quantitative estimate of drug-likeness (QED) is 0.533. The Morgan fingerprint density at radius 2 is 1.65 bits per heavy atom. The molecule has 0 fully saturated rings. The first-order chi connectivity index (χ1) is 11.1. The number of methoxy groups -OCH3 is 1. The molecule has 0 saturated heterocycles. The van der Waals surface area contributed by atoms with E-state index in [0.29, 0.717) is 16.9 Å². The lowest BCUT2D eigenvalue weighted by atomic mass is 9.99. The van der Waals surface area contributed by atoms with Crippen molar-refractivity contribution in [3.63, 3.8) is 0 Å². The lowest BCUT2D eigenvalue weighted by Crippen LogP contribution is -2.09. The summed E-state index contributed by atoms with van der Waals surface area (Å²) in [5.74, 6) is 0.386. The molecule has 3 heteroatoms. The van der Waals surface area contributed by atoms with Crippen LogP contribution in [0, 0.1) is 0 Å². The van der Waals surface area contributed by atoms with Crippen LogP contribution >= 0.6 is 0 Å². The number of ether oxygens (including phenoxy) is 1. The summed E-state index contributed by atoms with van der Waals surface area (Å²) in [5.41, 5.74) is 2.29. The summed E-state index contributed by atoms with van der Waals surface area (Å²) in [4.78, 5) is 24.6. The summed E-state index contributed by atoms with van der Waals surface area (Å²) >= 11 is 0. The van der Waals surface area contributed by atoms with Gasteiger partial charge in [-0.05, 0) is 48.7 Å². The first-order valence-corrected chi connectivity index (χ1v) is 7.93. The second kappa shape index (κ2) is 8.28. The van der Waals surface area contributed by atoms with E-state index in [-0.39, 0.29) is 18.0 Å². The van der Waals surface area contributed by atoms with E-state index in [1.807, 2.05) is 18.2 Å². The van der Waals surface area contributed by atoms with Crippen LogP contribution in [0.2, 0.25) is 0 Å². The number of ketones is 2. The van der Waals surface area contributed by atoms with Gasteiger partial charge in [0.25, 0.3) is 0 Å². The summed E-state index contributed by atoms with van der Waals surface area (Å²) in [7, 11) is 1.58. The summed E-state index contributed by atoms with van der Waals surface area (Å²) < 4.78 is 5.07. The minimum atomic E-state index is -0.170. The van der Waals surface area contributed by atoms with Crippen LogP contribution in [0.5, 0.6) is 5.75 Å². The van der Waals surface area contributed by atoms with Crippen LogP contribution in [0.3, 0.4) is 0 Å². The van der Waals surface area contributed by atoms with Gasteiger partial charge in [0.1, 0.15) is 5.75 Å². The van der Waals surface area contributed by atoms with Gasteiger partial charge >= 0.3 is 0 Å². The Morgan fingerprint density at radius 3 is 2.30 bits per heavy atom. The molecule has 0 aromatic heterocycles. The maximum Gasteiger partial charge on any atom is 0.170 e. The second-order valence-corrected chi connectivity index (χ2v) is 5.56. The largest absolute Gasteiger partial charge is 0.497 e. The zero-order valence-corrected chi connectivity index (χ0v) is 13.7. The Kier molecular flexibility index (Phi) is 6.10. The highest BCUT2D eigenvalue weighted by molar-refractivity contribution is 6.13. The summed E-state index contributed by atoms with van der Waals surface area (Å²) in [6.07, 6.45) is 3.07. The van der Waals surface area contributed by atoms with Crippen molar-refractivity contribution in [1.82, 2.24) is 0 Å². The number of unbranched alkanes of at least 4 members (excludes halogenated alkanes) is 1. The monoisotopic (exact) mass is 310 g/mol. The molecule has 0 aliphatic rings. The normalized spacial score (nSPS) is 10.3. The molecule has 0 saturated carbocycles. The molecule has 0 radical (unpaired) electrons. The second-order valence-electron chi connectivity index (χ2n) is 5.56. The van der Waals surface area contributed by atoms with E-state index < -0.39 is 0 Å². The molecule has 0 amide bonds. The molecule has 2 aromatic carbocycles. The minimum absolute atomic E-state index is 0.108. The van der Waals surface area contributed by atoms with Crippen molar-refractivity contribution in [2.75, 3.05) is 7.11 Å². The highest BCUT2D eigenvalue weighted by Crippen LogP contribution is 2.15. The predicted octanol–water partition coefficient (Wildman–Crippen LogP) is 4.49. The first-order valence-electron chi connectivity index (χ1n) is 7.93. The zero-order valence-electron chi connectivity index (χ0n) is 13.7. The van der Waals surface area contributed by atoms with E-state index in [2.05, 4.69) is 6.92 Å². The number of benzene rings is 2. The Hall–Kier alpha value is -2.42. The molecule has 0 unspecified atom stereocenters. The van der Waals surface area contributed by atoms with Crippen LogP contribution in [0.1, 0.15) is 52.5 Å². The molecule has 0 aliphatic carbocycles. The Balaban J connectivity index is 2.04. The molecule has 2 aromatic rings. The average molecular weight is 310 g/mol. The standard InChI is InChI=1S/C20H22O3/c1-3-4-6-15-7-5-8-17(13-15)20(22)14-19(21)16-9-11-18(23-2)12-10-16/h5,7-13H,3-4,6,14H2,1-2H3. The zero-order chi connectivity index (χ0) is 16.7. The summed E-state index contributed by atoms with van der Waals surface area (Å²) in [6, 6.07) is 14.4. The SMILES string of the molecule is CCCCc1cccc(C(=O)CC(=O)c2ccc(OC)cc2)c1. The molecule has 0 spiro atoms. The molecule has 0 atom stereocenters. The molecule has 2 rings (SSSR count). The van der Waals surface area contributed by atoms with Crippen molar-refractivity contribution in [2.45, 2.75) is 32.6 Å². The number of Topliss-reactive ketones (excluding diaryl/α,β-unsaturated/α-hetero) is 2. The molecular weight excluding hydrogens is 288 g/mol. The predicted molar refractivity (Wildman–Crippen MR) is 91.3 cm³/mol. The van der Waals surface area contributed by atoms with Crippen molar-refractivity contribution < 1.29 is 14.3 Å². The molecule has 0 bridgehead atoms. The molecule has 120 valence electrons. The van der Waals surface area contributed by atoms with Gasteiger partial charge in [-0.25, -0.2) is 0 Å². The summed E-state index contributed by atoms with van der Waals surface area (Å²) in [6.45, 7) is 2.14. The smallest absolute Gasteiger partial charge is 0.170 e. The number of hydrogen-bond donors (Lipinski definition) is 0. The molecule has 0 heterocycles. The average Bonchev–Trinajstić information content (AvgIpc) is 2.60. The van der Waals surface area contributed by atoms with E-state index in [9.17, 15) is 9.59 Å². The van der Waals surface area contributed by atoms with Crippen molar-refractivity contribution in [3.8, 4) is 5.75 Å². The fourth-order valence-electron chi connectivity index (χ4n) is 2.41. The van der Waals surface area contributed by atoms with Gasteiger partial charge in [0.05, 0.1) is 13.5 Å². The maximum atomic E-state index is 12.3.